The minimum absolute atomic E-state index is 0.0705. The molecule has 0 saturated carbocycles. The second-order valence-electron chi connectivity index (χ2n) is 4.88. The fourth-order valence-corrected chi connectivity index (χ4v) is 2.74. The SMILES string of the molecule is Fc1cc([C@@H](c2ccco2)N2CCNCC2)ccc1Cl. The van der Waals surface area contributed by atoms with E-state index in [9.17, 15) is 4.39 Å². The van der Waals surface area contributed by atoms with E-state index in [-0.39, 0.29) is 11.1 Å². The first-order valence-corrected chi connectivity index (χ1v) is 7.06. The number of furan rings is 1. The van der Waals surface area contributed by atoms with Crippen LogP contribution in [0.3, 0.4) is 0 Å². The fourth-order valence-electron chi connectivity index (χ4n) is 2.62. The highest BCUT2D eigenvalue weighted by atomic mass is 35.5. The van der Waals surface area contributed by atoms with Crippen LogP contribution in [0.1, 0.15) is 17.4 Å². The second-order valence-corrected chi connectivity index (χ2v) is 5.28. The average Bonchev–Trinajstić information content (AvgIpc) is 2.98. The zero-order valence-corrected chi connectivity index (χ0v) is 11.7. The van der Waals surface area contributed by atoms with Crippen LogP contribution in [0.15, 0.2) is 41.0 Å². The highest BCUT2D eigenvalue weighted by Crippen LogP contribution is 2.31. The molecule has 1 fully saturated rings. The van der Waals surface area contributed by atoms with E-state index in [1.165, 1.54) is 6.07 Å². The predicted octanol–water partition coefficient (Wildman–Crippen LogP) is 3.07. The van der Waals surface area contributed by atoms with Crippen molar-refractivity contribution in [2.75, 3.05) is 26.2 Å². The molecule has 0 bridgehead atoms. The Morgan fingerprint density at radius 3 is 2.70 bits per heavy atom. The van der Waals surface area contributed by atoms with Gasteiger partial charge in [-0.1, -0.05) is 17.7 Å². The molecule has 1 saturated heterocycles. The Kier molecular flexibility index (Phi) is 4.05. The van der Waals surface area contributed by atoms with Gasteiger partial charge in [-0.15, -0.1) is 0 Å². The van der Waals surface area contributed by atoms with E-state index in [0.717, 1.165) is 37.5 Å². The summed E-state index contributed by atoms with van der Waals surface area (Å²) in [7, 11) is 0. The summed E-state index contributed by atoms with van der Waals surface area (Å²) in [5, 5.41) is 3.46. The lowest BCUT2D eigenvalue weighted by molar-refractivity contribution is 0.180. The number of benzene rings is 1. The largest absolute Gasteiger partial charge is 0.467 e. The monoisotopic (exact) mass is 294 g/mol. The van der Waals surface area contributed by atoms with Crippen molar-refractivity contribution >= 4 is 11.6 Å². The summed E-state index contributed by atoms with van der Waals surface area (Å²) < 4.78 is 19.3. The molecule has 5 heteroatoms. The molecule has 0 spiro atoms. The quantitative estimate of drug-likeness (QED) is 0.943. The molecular weight excluding hydrogens is 279 g/mol. The van der Waals surface area contributed by atoms with Crippen molar-refractivity contribution in [3.63, 3.8) is 0 Å². The third-order valence-corrected chi connectivity index (χ3v) is 3.90. The summed E-state index contributed by atoms with van der Waals surface area (Å²) in [6, 6.07) is 8.68. The van der Waals surface area contributed by atoms with Crippen LogP contribution in [0.25, 0.3) is 0 Å². The third kappa shape index (κ3) is 2.73. The van der Waals surface area contributed by atoms with E-state index in [1.807, 2.05) is 18.2 Å². The first kappa shape index (κ1) is 13.6. The van der Waals surface area contributed by atoms with Gasteiger partial charge in [0.2, 0.25) is 0 Å². The van der Waals surface area contributed by atoms with Crippen LogP contribution < -0.4 is 5.32 Å². The van der Waals surface area contributed by atoms with Crippen molar-refractivity contribution < 1.29 is 8.81 Å². The van der Waals surface area contributed by atoms with Crippen molar-refractivity contribution in [2.24, 2.45) is 0 Å². The molecule has 106 valence electrons. The van der Waals surface area contributed by atoms with Gasteiger partial charge in [-0.05, 0) is 29.8 Å². The Bertz CT molecular complexity index is 567. The maximum absolute atomic E-state index is 13.8. The minimum atomic E-state index is -0.393. The molecule has 0 aliphatic carbocycles. The zero-order valence-electron chi connectivity index (χ0n) is 11.0. The number of hydrogen-bond donors (Lipinski definition) is 1. The van der Waals surface area contributed by atoms with E-state index in [2.05, 4.69) is 10.2 Å². The Balaban J connectivity index is 1.98. The molecule has 20 heavy (non-hydrogen) atoms. The molecule has 3 nitrogen and oxygen atoms in total. The van der Waals surface area contributed by atoms with Gasteiger partial charge in [-0.25, -0.2) is 4.39 Å². The summed E-state index contributed by atoms with van der Waals surface area (Å²) in [4.78, 5) is 2.29. The van der Waals surface area contributed by atoms with Crippen LogP contribution in [0.5, 0.6) is 0 Å². The van der Waals surface area contributed by atoms with Gasteiger partial charge < -0.3 is 9.73 Å². The maximum Gasteiger partial charge on any atom is 0.142 e. The van der Waals surface area contributed by atoms with E-state index in [0.29, 0.717) is 0 Å². The average molecular weight is 295 g/mol. The van der Waals surface area contributed by atoms with Crippen molar-refractivity contribution in [2.45, 2.75) is 6.04 Å². The second kappa shape index (κ2) is 5.95. The molecule has 1 aliphatic heterocycles. The van der Waals surface area contributed by atoms with Gasteiger partial charge in [-0.3, -0.25) is 4.90 Å². The van der Waals surface area contributed by atoms with E-state index in [1.54, 1.807) is 12.3 Å². The fraction of sp³-hybridized carbons (Fsp3) is 0.333. The van der Waals surface area contributed by atoms with Crippen molar-refractivity contribution in [1.82, 2.24) is 10.2 Å². The summed E-state index contributed by atoms with van der Waals surface area (Å²) in [6.45, 7) is 3.64. The van der Waals surface area contributed by atoms with Gasteiger partial charge in [0, 0.05) is 26.2 Å². The van der Waals surface area contributed by atoms with Gasteiger partial charge in [0.25, 0.3) is 0 Å². The minimum Gasteiger partial charge on any atom is -0.467 e. The van der Waals surface area contributed by atoms with Gasteiger partial charge in [0.05, 0.1) is 17.3 Å². The lowest BCUT2D eigenvalue weighted by atomic mass is 10.0. The van der Waals surface area contributed by atoms with Crippen molar-refractivity contribution in [1.29, 1.82) is 0 Å². The molecule has 0 amide bonds. The summed E-state index contributed by atoms with van der Waals surface area (Å²) in [6.07, 6.45) is 1.65. The summed E-state index contributed by atoms with van der Waals surface area (Å²) in [5.41, 5.74) is 0.865. The number of piperazine rings is 1. The number of rotatable bonds is 3. The maximum atomic E-state index is 13.8. The van der Waals surface area contributed by atoms with Gasteiger partial charge >= 0.3 is 0 Å². The topological polar surface area (TPSA) is 28.4 Å². The van der Waals surface area contributed by atoms with Crippen LogP contribution >= 0.6 is 11.6 Å². The van der Waals surface area contributed by atoms with E-state index >= 15 is 0 Å². The number of nitrogens with one attached hydrogen (secondary N) is 1. The van der Waals surface area contributed by atoms with Crippen LogP contribution in [0.2, 0.25) is 5.02 Å². The summed E-state index contributed by atoms with van der Waals surface area (Å²) >= 11 is 5.77. The van der Waals surface area contributed by atoms with Crippen LogP contribution in [-0.4, -0.2) is 31.1 Å². The molecule has 1 N–H and O–H groups in total. The van der Waals surface area contributed by atoms with Crippen LogP contribution in [0.4, 0.5) is 4.39 Å². The molecule has 1 aromatic carbocycles. The summed E-state index contributed by atoms with van der Waals surface area (Å²) in [5.74, 6) is 0.435. The number of nitrogens with zero attached hydrogens (tertiary/aromatic N) is 1. The zero-order chi connectivity index (χ0) is 13.9. The van der Waals surface area contributed by atoms with Gasteiger partial charge in [-0.2, -0.15) is 0 Å². The Morgan fingerprint density at radius 2 is 2.05 bits per heavy atom. The highest BCUT2D eigenvalue weighted by molar-refractivity contribution is 6.30. The third-order valence-electron chi connectivity index (χ3n) is 3.59. The lowest BCUT2D eigenvalue weighted by Gasteiger charge is -2.34. The van der Waals surface area contributed by atoms with Crippen molar-refractivity contribution in [3.05, 3.63) is 58.8 Å². The van der Waals surface area contributed by atoms with Crippen molar-refractivity contribution in [3.8, 4) is 0 Å². The molecule has 0 radical (unpaired) electrons. The first-order chi connectivity index (χ1) is 9.75. The molecule has 3 rings (SSSR count). The van der Waals surface area contributed by atoms with E-state index in [4.69, 9.17) is 16.0 Å². The molecule has 1 aliphatic rings. The smallest absolute Gasteiger partial charge is 0.142 e. The van der Waals surface area contributed by atoms with Gasteiger partial charge in [0.15, 0.2) is 0 Å². The Morgan fingerprint density at radius 1 is 1.25 bits per heavy atom. The van der Waals surface area contributed by atoms with E-state index < -0.39 is 5.82 Å². The number of halogens is 2. The highest BCUT2D eigenvalue weighted by Gasteiger charge is 2.26. The molecule has 0 unspecified atom stereocenters. The number of hydrogen-bond acceptors (Lipinski definition) is 3. The Hall–Kier alpha value is -1.36. The van der Waals surface area contributed by atoms with Crippen LogP contribution in [-0.2, 0) is 0 Å². The van der Waals surface area contributed by atoms with Crippen LogP contribution in [0, 0.1) is 5.82 Å². The lowest BCUT2D eigenvalue weighted by Crippen LogP contribution is -2.45. The standard InChI is InChI=1S/C15H16ClFN2O/c16-12-4-3-11(10-13(12)17)15(14-2-1-9-20-14)19-7-5-18-6-8-19/h1-4,9-10,15,18H,5-8H2/t15-/m0/s1. The van der Waals surface area contributed by atoms with Gasteiger partial charge in [0.1, 0.15) is 11.6 Å². The molecule has 1 aromatic heterocycles. The predicted molar refractivity (Wildman–Crippen MR) is 76.4 cm³/mol. The molecule has 1 atom stereocenters. The molecular formula is C15H16ClFN2O. The normalized spacial score (nSPS) is 18.1. The molecule has 2 heterocycles. The first-order valence-electron chi connectivity index (χ1n) is 6.69. The Labute approximate surface area is 122 Å². The molecule has 2 aromatic rings.